The Morgan fingerprint density at radius 1 is 1.17 bits per heavy atom. The number of alkyl halides is 3. The minimum absolute atomic E-state index is 0.101. The highest BCUT2D eigenvalue weighted by atomic mass is 19.4. The summed E-state index contributed by atoms with van der Waals surface area (Å²) in [4.78, 5) is 31.3. The maximum absolute atomic E-state index is 13.6. The first kappa shape index (κ1) is 23.9. The van der Waals surface area contributed by atoms with E-state index < -0.39 is 29.4 Å². The van der Waals surface area contributed by atoms with Crippen molar-refractivity contribution in [2.24, 2.45) is 0 Å². The van der Waals surface area contributed by atoms with Crippen molar-refractivity contribution < 1.29 is 37.0 Å². The molecule has 0 aliphatic carbocycles. The number of fused-ring (bicyclic) bond motifs is 1. The van der Waals surface area contributed by atoms with Crippen LogP contribution in [0.3, 0.4) is 0 Å². The Balaban J connectivity index is 1.48. The number of carbonyl (C=O) groups excluding carboxylic acids is 2. The van der Waals surface area contributed by atoms with Crippen molar-refractivity contribution in [1.29, 1.82) is 5.26 Å². The van der Waals surface area contributed by atoms with Gasteiger partial charge in [0, 0.05) is 37.9 Å². The van der Waals surface area contributed by atoms with Gasteiger partial charge in [-0.3, -0.25) is 0 Å². The smallest absolute Gasteiger partial charge is 0.434 e. The van der Waals surface area contributed by atoms with Gasteiger partial charge >= 0.3 is 18.2 Å². The van der Waals surface area contributed by atoms with Gasteiger partial charge in [0.1, 0.15) is 11.9 Å². The number of hydrogen-bond acceptors (Lipinski definition) is 8. The van der Waals surface area contributed by atoms with Crippen LogP contribution in [0.1, 0.15) is 28.5 Å². The topological polar surface area (TPSA) is 117 Å². The lowest BCUT2D eigenvalue weighted by atomic mass is 10.1. The molecule has 1 N–H and O–H groups in total. The number of ether oxygens (including phenoxy) is 3. The minimum atomic E-state index is -4.93. The van der Waals surface area contributed by atoms with Crippen LogP contribution in [0, 0.1) is 11.3 Å². The number of hydrogen-bond donors (Lipinski definition) is 1. The highest BCUT2D eigenvalue weighted by Gasteiger charge is 2.40. The van der Waals surface area contributed by atoms with Crippen molar-refractivity contribution in [2.75, 3.05) is 49.8 Å². The van der Waals surface area contributed by atoms with Gasteiger partial charge in [-0.25, -0.2) is 14.6 Å². The van der Waals surface area contributed by atoms with Crippen molar-refractivity contribution in [1.82, 2.24) is 9.88 Å². The first-order valence-electron chi connectivity index (χ1n) is 10.6. The molecule has 1 aromatic heterocycles. The van der Waals surface area contributed by atoms with Crippen LogP contribution >= 0.6 is 0 Å². The third-order valence-corrected chi connectivity index (χ3v) is 5.38. The maximum atomic E-state index is 13.6. The zero-order valence-corrected chi connectivity index (χ0v) is 18.5. The van der Waals surface area contributed by atoms with Crippen LogP contribution in [-0.2, 0) is 10.9 Å². The van der Waals surface area contributed by atoms with E-state index in [0.717, 1.165) is 6.07 Å². The number of nitrogens with zero attached hydrogens (tertiary/aromatic N) is 4. The third kappa shape index (κ3) is 5.01. The number of amides is 2. The van der Waals surface area contributed by atoms with E-state index in [1.54, 1.807) is 24.3 Å². The maximum Gasteiger partial charge on any atom is 0.434 e. The largest absolute Gasteiger partial charge is 0.462 e. The zero-order chi connectivity index (χ0) is 25.2. The van der Waals surface area contributed by atoms with E-state index in [1.165, 1.54) is 16.7 Å². The number of halogens is 3. The molecule has 0 unspecified atom stereocenters. The van der Waals surface area contributed by atoms with Crippen LogP contribution in [0.4, 0.5) is 29.5 Å². The van der Waals surface area contributed by atoms with E-state index in [0.29, 0.717) is 17.2 Å². The summed E-state index contributed by atoms with van der Waals surface area (Å²) < 4.78 is 56.1. The molecule has 2 aliphatic heterocycles. The fraction of sp³-hybridized carbons (Fsp3) is 0.364. The first-order valence-corrected chi connectivity index (χ1v) is 10.6. The molecular formula is C22H20F3N5O5. The summed E-state index contributed by atoms with van der Waals surface area (Å²) in [6, 6.07) is 7.21. The summed E-state index contributed by atoms with van der Waals surface area (Å²) in [7, 11) is 0. The second-order valence-electron chi connectivity index (χ2n) is 7.56. The quantitative estimate of drug-likeness (QED) is 0.648. The average molecular weight is 491 g/mol. The van der Waals surface area contributed by atoms with Gasteiger partial charge in [-0.05, 0) is 25.1 Å². The summed E-state index contributed by atoms with van der Waals surface area (Å²) in [5.41, 5.74) is -1.94. The summed E-state index contributed by atoms with van der Waals surface area (Å²) in [5.74, 6) is -0.330. The molecule has 0 bridgehead atoms. The lowest BCUT2D eigenvalue weighted by Crippen LogP contribution is -2.50. The standard InChI is InChI=1S/C22H20F3N5O5/c1-2-33-20(31)15-9-13(11-26)19(28-18(15)22(23,24)25)29-5-7-30(8-6-29)21(32)27-14-3-4-16-17(10-14)35-12-34-16/h3-4,9-10H,2,5-8,12H2,1H3,(H,27,32). The molecule has 2 amide bonds. The molecule has 2 aliphatic rings. The predicted molar refractivity (Wildman–Crippen MR) is 115 cm³/mol. The van der Waals surface area contributed by atoms with Gasteiger partial charge in [0.15, 0.2) is 17.2 Å². The SMILES string of the molecule is CCOC(=O)c1cc(C#N)c(N2CCN(C(=O)Nc3ccc4c(c3)OCO4)CC2)nc1C(F)(F)F. The Kier molecular flexibility index (Phi) is 6.54. The van der Waals surface area contributed by atoms with E-state index in [-0.39, 0.29) is 51.0 Å². The van der Waals surface area contributed by atoms with Gasteiger partial charge in [0.05, 0.1) is 17.7 Å². The summed E-state index contributed by atoms with van der Waals surface area (Å²) in [6.45, 7) is 2.03. The molecule has 0 radical (unpaired) electrons. The lowest BCUT2D eigenvalue weighted by molar-refractivity contribution is -0.141. The molecule has 0 saturated carbocycles. The van der Waals surface area contributed by atoms with Gasteiger partial charge in [0.2, 0.25) is 6.79 Å². The zero-order valence-electron chi connectivity index (χ0n) is 18.5. The van der Waals surface area contributed by atoms with E-state index in [2.05, 4.69) is 10.3 Å². The second-order valence-corrected chi connectivity index (χ2v) is 7.56. The molecule has 4 rings (SSSR count). The summed E-state index contributed by atoms with van der Waals surface area (Å²) in [5, 5.41) is 12.3. The third-order valence-electron chi connectivity index (χ3n) is 5.38. The van der Waals surface area contributed by atoms with Gasteiger partial charge in [-0.2, -0.15) is 18.4 Å². The predicted octanol–water partition coefficient (Wildman–Crippen LogP) is 3.23. The normalized spacial score (nSPS) is 14.9. The molecule has 3 heterocycles. The Bertz CT molecular complexity index is 1190. The molecule has 10 nitrogen and oxygen atoms in total. The molecule has 0 spiro atoms. The minimum Gasteiger partial charge on any atom is -0.462 e. The Hall–Kier alpha value is -4.21. The fourth-order valence-electron chi connectivity index (χ4n) is 3.71. The van der Waals surface area contributed by atoms with Crippen LogP contribution in [-0.4, -0.2) is 61.5 Å². The number of piperazine rings is 1. The number of benzene rings is 1. The first-order chi connectivity index (χ1) is 16.7. The number of carbonyl (C=O) groups is 2. The van der Waals surface area contributed by atoms with Crippen molar-refractivity contribution >= 4 is 23.5 Å². The number of pyridine rings is 1. The number of aromatic nitrogens is 1. The Morgan fingerprint density at radius 2 is 1.89 bits per heavy atom. The van der Waals surface area contributed by atoms with Crippen molar-refractivity contribution in [3.05, 3.63) is 41.1 Å². The fourth-order valence-corrected chi connectivity index (χ4v) is 3.71. The molecule has 184 valence electrons. The van der Waals surface area contributed by atoms with E-state index in [1.807, 2.05) is 0 Å². The highest BCUT2D eigenvalue weighted by Crippen LogP contribution is 2.35. The Morgan fingerprint density at radius 3 is 2.54 bits per heavy atom. The molecule has 1 fully saturated rings. The number of esters is 1. The highest BCUT2D eigenvalue weighted by molar-refractivity contribution is 5.92. The molecular weight excluding hydrogens is 471 g/mol. The number of rotatable bonds is 4. The molecule has 0 atom stereocenters. The number of anilines is 2. The van der Waals surface area contributed by atoms with Gasteiger partial charge in [0.25, 0.3) is 0 Å². The lowest BCUT2D eigenvalue weighted by Gasteiger charge is -2.36. The van der Waals surface area contributed by atoms with Crippen LogP contribution < -0.4 is 19.7 Å². The summed E-state index contributed by atoms with van der Waals surface area (Å²) >= 11 is 0. The molecule has 1 aromatic carbocycles. The van der Waals surface area contributed by atoms with E-state index in [9.17, 15) is 28.0 Å². The van der Waals surface area contributed by atoms with Gasteiger partial charge in [-0.15, -0.1) is 0 Å². The van der Waals surface area contributed by atoms with Gasteiger partial charge in [-0.1, -0.05) is 0 Å². The van der Waals surface area contributed by atoms with Crippen LogP contribution in [0.2, 0.25) is 0 Å². The van der Waals surface area contributed by atoms with Crippen molar-refractivity contribution in [3.8, 4) is 17.6 Å². The monoisotopic (exact) mass is 491 g/mol. The van der Waals surface area contributed by atoms with Gasteiger partial charge < -0.3 is 29.3 Å². The van der Waals surface area contributed by atoms with Crippen LogP contribution in [0.25, 0.3) is 0 Å². The molecule has 1 saturated heterocycles. The number of nitriles is 1. The number of urea groups is 1. The number of nitrogens with one attached hydrogen (secondary N) is 1. The second kappa shape index (κ2) is 9.57. The molecule has 2 aromatic rings. The van der Waals surface area contributed by atoms with Crippen LogP contribution in [0.5, 0.6) is 11.5 Å². The average Bonchev–Trinajstić information content (AvgIpc) is 3.31. The van der Waals surface area contributed by atoms with Crippen molar-refractivity contribution in [2.45, 2.75) is 13.1 Å². The molecule has 35 heavy (non-hydrogen) atoms. The van der Waals surface area contributed by atoms with Crippen LogP contribution in [0.15, 0.2) is 24.3 Å². The summed E-state index contributed by atoms with van der Waals surface area (Å²) in [6.07, 6.45) is -4.93. The van der Waals surface area contributed by atoms with Crippen molar-refractivity contribution in [3.63, 3.8) is 0 Å². The Labute approximate surface area is 197 Å². The van der Waals surface area contributed by atoms with E-state index >= 15 is 0 Å². The molecule has 13 heteroatoms. The van der Waals surface area contributed by atoms with E-state index in [4.69, 9.17) is 14.2 Å².